The summed E-state index contributed by atoms with van der Waals surface area (Å²) in [5, 5.41) is 2.86. The number of halogens is 1. The van der Waals surface area contributed by atoms with Crippen molar-refractivity contribution in [2.45, 2.75) is 37.3 Å². The van der Waals surface area contributed by atoms with Crippen LogP contribution in [-0.4, -0.2) is 16.1 Å². The third-order valence-electron chi connectivity index (χ3n) is 7.29. The lowest BCUT2D eigenvalue weighted by molar-refractivity contribution is 0.623. The highest BCUT2D eigenvalue weighted by Crippen LogP contribution is 2.45. The summed E-state index contributed by atoms with van der Waals surface area (Å²) in [6.07, 6.45) is 0. The molecule has 0 fully saturated rings. The van der Waals surface area contributed by atoms with Gasteiger partial charge in [-0.25, -0.2) is 4.39 Å². The van der Waals surface area contributed by atoms with Gasteiger partial charge in [0, 0.05) is 0 Å². The first-order chi connectivity index (χ1) is 15.8. The van der Waals surface area contributed by atoms with E-state index >= 15 is 0 Å². The van der Waals surface area contributed by atoms with Gasteiger partial charge in [0.1, 0.15) is 5.82 Å². The summed E-state index contributed by atoms with van der Waals surface area (Å²) in [6.45, 7) is 9.90. The fourth-order valence-electron chi connectivity index (χ4n) is 5.51. The zero-order valence-corrected chi connectivity index (χ0v) is 22.0. The molecule has 4 aromatic rings. The Balaban J connectivity index is 2.00. The normalized spacial score (nSPS) is 14.0. The molecular formula is C30H33FSi2. The molecule has 2 atom stereocenters. The lowest BCUT2D eigenvalue weighted by atomic mass is 10.0. The topological polar surface area (TPSA) is 0 Å². The number of hydrogen-bond acceptors (Lipinski definition) is 0. The molecule has 33 heavy (non-hydrogen) atoms. The van der Waals surface area contributed by atoms with Gasteiger partial charge in [0.25, 0.3) is 0 Å². The maximum Gasteiger partial charge on any atom is 0.123 e. The molecule has 4 rings (SSSR count). The minimum atomic E-state index is -2.09. The van der Waals surface area contributed by atoms with Crippen LogP contribution >= 0.6 is 0 Å². The predicted octanol–water partition coefficient (Wildman–Crippen LogP) is 7.00. The van der Waals surface area contributed by atoms with Gasteiger partial charge in [0.2, 0.25) is 0 Å². The van der Waals surface area contributed by atoms with Crippen LogP contribution in [0.4, 0.5) is 4.39 Å². The fraction of sp³-hybridized carbons (Fsp3) is 0.200. The van der Waals surface area contributed by atoms with Crippen molar-refractivity contribution in [1.29, 1.82) is 0 Å². The van der Waals surface area contributed by atoms with Crippen molar-refractivity contribution in [3.8, 4) is 0 Å². The molecule has 0 saturated carbocycles. The molecule has 0 aliphatic carbocycles. The van der Waals surface area contributed by atoms with Crippen LogP contribution in [0.1, 0.15) is 22.2 Å². The maximum absolute atomic E-state index is 14.6. The average molecular weight is 469 g/mol. The van der Waals surface area contributed by atoms with Crippen LogP contribution in [0.3, 0.4) is 0 Å². The van der Waals surface area contributed by atoms with E-state index < -0.39 is 16.1 Å². The Labute approximate surface area is 200 Å². The first-order valence-corrected chi connectivity index (χ1v) is 17.9. The molecule has 168 valence electrons. The molecule has 3 heteroatoms. The molecule has 0 aromatic heterocycles. The Kier molecular flexibility index (Phi) is 6.82. The molecule has 4 aromatic carbocycles. The molecule has 0 aliphatic rings. The summed E-state index contributed by atoms with van der Waals surface area (Å²) in [6, 6.07) is 40.3. The standard InChI is InChI=1S/C30H33FSi2/c1-32(2,27-19-10-6-11-20-27)29(24-15-8-5-9-16-24)30(25-17-14-18-26(31)23-25)33(3,4)28-21-12-7-13-22-28/h5-23,29-30H,1-4H3. The minimum absolute atomic E-state index is 0.152. The summed E-state index contributed by atoms with van der Waals surface area (Å²) in [4.78, 5) is 0. The maximum atomic E-state index is 14.6. The van der Waals surface area contributed by atoms with Gasteiger partial charge in [-0.05, 0) is 34.3 Å². The van der Waals surface area contributed by atoms with Crippen LogP contribution in [0.2, 0.25) is 26.2 Å². The summed E-state index contributed by atoms with van der Waals surface area (Å²) < 4.78 is 14.6. The van der Waals surface area contributed by atoms with Crippen molar-refractivity contribution in [3.63, 3.8) is 0 Å². The predicted molar refractivity (Wildman–Crippen MR) is 145 cm³/mol. The van der Waals surface area contributed by atoms with E-state index in [0.717, 1.165) is 5.56 Å². The van der Waals surface area contributed by atoms with Gasteiger partial charge in [0.15, 0.2) is 0 Å². The van der Waals surface area contributed by atoms with Gasteiger partial charge >= 0.3 is 0 Å². The lowest BCUT2D eigenvalue weighted by Gasteiger charge is -2.46. The van der Waals surface area contributed by atoms with Gasteiger partial charge in [-0.2, -0.15) is 0 Å². The second-order valence-corrected chi connectivity index (χ2v) is 19.4. The summed E-state index contributed by atoms with van der Waals surface area (Å²) in [5.74, 6) is -0.152. The summed E-state index contributed by atoms with van der Waals surface area (Å²) >= 11 is 0. The number of rotatable bonds is 7. The van der Waals surface area contributed by atoms with E-state index in [-0.39, 0.29) is 11.4 Å². The quantitative estimate of drug-likeness (QED) is 0.256. The Morgan fingerprint density at radius 1 is 0.485 bits per heavy atom. The largest absolute Gasteiger partial charge is 0.207 e. The molecule has 0 radical (unpaired) electrons. The van der Waals surface area contributed by atoms with Crippen molar-refractivity contribution in [1.82, 2.24) is 0 Å². The second kappa shape index (κ2) is 9.62. The van der Waals surface area contributed by atoms with Gasteiger partial charge in [0.05, 0.1) is 16.1 Å². The highest BCUT2D eigenvalue weighted by Gasteiger charge is 2.48. The van der Waals surface area contributed by atoms with Gasteiger partial charge < -0.3 is 0 Å². The van der Waals surface area contributed by atoms with Crippen molar-refractivity contribution in [3.05, 3.63) is 132 Å². The van der Waals surface area contributed by atoms with Crippen molar-refractivity contribution in [2.75, 3.05) is 0 Å². The van der Waals surface area contributed by atoms with Crippen LogP contribution in [0.25, 0.3) is 0 Å². The number of hydrogen-bond donors (Lipinski definition) is 0. The van der Waals surface area contributed by atoms with E-state index in [1.165, 1.54) is 15.9 Å². The average Bonchev–Trinajstić information content (AvgIpc) is 2.84. The Hall–Kier alpha value is -2.76. The molecule has 0 heterocycles. The molecule has 0 amide bonds. The van der Waals surface area contributed by atoms with Crippen LogP contribution in [-0.2, 0) is 0 Å². The van der Waals surface area contributed by atoms with Crippen molar-refractivity contribution in [2.24, 2.45) is 0 Å². The van der Waals surface area contributed by atoms with Gasteiger partial charge in [-0.1, -0.05) is 140 Å². The Bertz CT molecular complexity index is 1170. The van der Waals surface area contributed by atoms with E-state index in [1.54, 1.807) is 12.1 Å². The van der Waals surface area contributed by atoms with Crippen LogP contribution in [0, 0.1) is 5.82 Å². The van der Waals surface area contributed by atoms with Crippen molar-refractivity contribution >= 4 is 26.5 Å². The minimum Gasteiger partial charge on any atom is -0.207 e. The third kappa shape index (κ3) is 4.80. The molecule has 0 spiro atoms. The molecule has 0 nitrogen and oxygen atoms in total. The molecule has 0 saturated heterocycles. The first-order valence-electron chi connectivity index (χ1n) is 11.7. The summed E-state index contributed by atoms with van der Waals surface area (Å²) in [5.41, 5.74) is 3.04. The van der Waals surface area contributed by atoms with E-state index in [0.29, 0.717) is 5.54 Å². The van der Waals surface area contributed by atoms with Crippen LogP contribution < -0.4 is 10.4 Å². The lowest BCUT2D eigenvalue weighted by Crippen LogP contribution is -2.58. The molecule has 0 bridgehead atoms. The zero-order chi connectivity index (χ0) is 23.5. The smallest absolute Gasteiger partial charge is 0.123 e. The van der Waals surface area contributed by atoms with E-state index in [2.05, 4.69) is 123 Å². The number of benzene rings is 4. The first kappa shape index (κ1) is 23.4. The highest BCUT2D eigenvalue weighted by atomic mass is 28.3. The zero-order valence-electron chi connectivity index (χ0n) is 20.0. The monoisotopic (exact) mass is 468 g/mol. The third-order valence-corrected chi connectivity index (χ3v) is 15.7. The Morgan fingerprint density at radius 2 is 0.879 bits per heavy atom. The molecule has 0 N–H and O–H groups in total. The molecular weight excluding hydrogens is 436 g/mol. The van der Waals surface area contributed by atoms with E-state index in [1.807, 2.05) is 6.07 Å². The van der Waals surface area contributed by atoms with Crippen LogP contribution in [0.5, 0.6) is 0 Å². The highest BCUT2D eigenvalue weighted by molar-refractivity contribution is 6.96. The Morgan fingerprint density at radius 3 is 1.33 bits per heavy atom. The summed E-state index contributed by atoms with van der Waals surface area (Å²) in [7, 11) is -4.14. The van der Waals surface area contributed by atoms with Crippen molar-refractivity contribution < 1.29 is 4.39 Å². The van der Waals surface area contributed by atoms with E-state index in [9.17, 15) is 4.39 Å². The van der Waals surface area contributed by atoms with Crippen LogP contribution in [0.15, 0.2) is 115 Å². The fourth-order valence-corrected chi connectivity index (χ4v) is 14.9. The van der Waals surface area contributed by atoms with E-state index in [4.69, 9.17) is 0 Å². The van der Waals surface area contributed by atoms with Gasteiger partial charge in [-0.3, -0.25) is 0 Å². The van der Waals surface area contributed by atoms with Gasteiger partial charge in [-0.15, -0.1) is 0 Å². The second-order valence-electron chi connectivity index (χ2n) is 10.1. The molecule has 2 unspecified atom stereocenters. The SMILES string of the molecule is C[Si](C)(c1ccccc1)C(c1ccccc1)C(c1cccc(F)c1)[Si](C)(C)c1ccccc1. The molecule has 0 aliphatic heterocycles.